The average Bonchev–Trinajstić information content (AvgIpc) is 2.04. The zero-order valence-electron chi connectivity index (χ0n) is 5.66. The number of rotatable bonds is 2. The van der Waals surface area contributed by atoms with Crippen LogP contribution in [0.3, 0.4) is 0 Å². The van der Waals surface area contributed by atoms with E-state index < -0.39 is 5.97 Å². The van der Waals surface area contributed by atoms with E-state index in [1.165, 1.54) is 12.1 Å². The molecule has 1 radical (unpaired) electrons. The minimum atomic E-state index is -1.03. The number of hydrogen-bond acceptors (Lipinski definition) is 2. The Morgan fingerprint density at radius 2 is 2.09 bits per heavy atom. The van der Waals surface area contributed by atoms with Gasteiger partial charge in [0.25, 0.3) is 0 Å². The van der Waals surface area contributed by atoms with Crippen molar-refractivity contribution in [1.29, 1.82) is 5.41 Å². The summed E-state index contributed by atoms with van der Waals surface area (Å²) in [7, 11) is 0. The first-order valence-corrected chi connectivity index (χ1v) is 3.01. The minimum absolute atomic E-state index is 0.113. The average molecular weight is 148 g/mol. The van der Waals surface area contributed by atoms with E-state index >= 15 is 0 Å². The summed E-state index contributed by atoms with van der Waals surface area (Å²) in [5, 5.41) is 15.3. The Morgan fingerprint density at radius 3 is 2.55 bits per heavy atom. The molecule has 0 fully saturated rings. The number of nitrogens with one attached hydrogen (secondary N) is 1. The molecule has 11 heavy (non-hydrogen) atoms. The van der Waals surface area contributed by atoms with Gasteiger partial charge in [0.2, 0.25) is 0 Å². The first-order chi connectivity index (χ1) is 5.25. The van der Waals surface area contributed by atoms with Crippen molar-refractivity contribution in [3.05, 3.63) is 35.4 Å². The van der Waals surface area contributed by atoms with Gasteiger partial charge in [0.1, 0.15) is 0 Å². The molecule has 0 spiro atoms. The molecule has 0 amide bonds. The van der Waals surface area contributed by atoms with Crippen LogP contribution in [0.1, 0.15) is 15.9 Å². The maximum atomic E-state index is 10.5. The summed E-state index contributed by atoms with van der Waals surface area (Å²) in [6, 6.07) is 6.27. The van der Waals surface area contributed by atoms with Gasteiger partial charge in [-0.05, 0) is 6.07 Å². The molecule has 1 rings (SSSR count). The Balaban J connectivity index is 3.22. The van der Waals surface area contributed by atoms with Gasteiger partial charge in [0, 0.05) is 5.56 Å². The van der Waals surface area contributed by atoms with Crippen molar-refractivity contribution in [3.63, 3.8) is 0 Å². The molecule has 0 aliphatic rings. The smallest absolute Gasteiger partial charge is 0.336 e. The van der Waals surface area contributed by atoms with Crippen LogP contribution in [0.2, 0.25) is 0 Å². The van der Waals surface area contributed by atoms with Gasteiger partial charge in [-0.2, -0.15) is 0 Å². The van der Waals surface area contributed by atoms with Gasteiger partial charge in [-0.1, -0.05) is 18.2 Å². The third kappa shape index (κ3) is 1.43. The molecule has 1 aromatic rings. The largest absolute Gasteiger partial charge is 0.478 e. The van der Waals surface area contributed by atoms with E-state index in [2.05, 4.69) is 0 Å². The van der Waals surface area contributed by atoms with Gasteiger partial charge in [-0.3, -0.25) is 5.41 Å². The molecule has 55 valence electrons. The summed E-state index contributed by atoms with van der Waals surface area (Å²) in [6.07, 6.45) is 2.05. The van der Waals surface area contributed by atoms with Gasteiger partial charge in [0.15, 0.2) is 0 Å². The molecule has 0 saturated carbocycles. The molecule has 3 nitrogen and oxygen atoms in total. The number of benzene rings is 1. The monoisotopic (exact) mass is 148 g/mol. The van der Waals surface area contributed by atoms with Gasteiger partial charge in [-0.15, -0.1) is 0 Å². The Morgan fingerprint density at radius 1 is 1.45 bits per heavy atom. The van der Waals surface area contributed by atoms with Crippen LogP contribution in [0, 0.1) is 5.41 Å². The molecule has 0 bridgehead atoms. The summed E-state index contributed by atoms with van der Waals surface area (Å²) >= 11 is 0. The fourth-order valence-corrected chi connectivity index (χ4v) is 0.779. The van der Waals surface area contributed by atoms with Crippen molar-refractivity contribution in [2.24, 2.45) is 0 Å². The van der Waals surface area contributed by atoms with Gasteiger partial charge < -0.3 is 5.11 Å². The summed E-state index contributed by atoms with van der Waals surface area (Å²) in [5.74, 6) is -1.03. The number of carboxylic acid groups (broad SMARTS) is 1. The Labute approximate surface area is 63.8 Å². The molecule has 0 unspecified atom stereocenters. The standard InChI is InChI=1S/C8H6NO2/c9-5-6-3-1-2-4-7(6)8(10)11/h1-4,9H,(H,10,11). The Hall–Kier alpha value is -1.64. The number of hydrogen-bond donors (Lipinski definition) is 2. The van der Waals surface area contributed by atoms with E-state index in [0.29, 0.717) is 5.56 Å². The minimum Gasteiger partial charge on any atom is -0.478 e. The topological polar surface area (TPSA) is 61.2 Å². The van der Waals surface area contributed by atoms with Crippen molar-refractivity contribution in [2.75, 3.05) is 0 Å². The third-order valence-corrected chi connectivity index (χ3v) is 1.29. The highest BCUT2D eigenvalue weighted by Gasteiger charge is 2.05. The predicted octanol–water partition coefficient (Wildman–Crippen LogP) is 1.26. The normalized spacial score (nSPS) is 9.09. The van der Waals surface area contributed by atoms with Crippen LogP contribution in [0.5, 0.6) is 0 Å². The zero-order valence-corrected chi connectivity index (χ0v) is 5.66. The van der Waals surface area contributed by atoms with E-state index in [0.717, 1.165) is 0 Å². The molecular weight excluding hydrogens is 142 g/mol. The number of carbonyl (C=O) groups is 1. The van der Waals surface area contributed by atoms with Gasteiger partial charge >= 0.3 is 5.97 Å². The van der Waals surface area contributed by atoms with Crippen molar-refractivity contribution in [2.45, 2.75) is 0 Å². The predicted molar refractivity (Wildman–Crippen MR) is 40.2 cm³/mol. The quantitative estimate of drug-likeness (QED) is 0.620. The fourth-order valence-electron chi connectivity index (χ4n) is 0.779. The van der Waals surface area contributed by atoms with Crippen molar-refractivity contribution in [1.82, 2.24) is 0 Å². The van der Waals surface area contributed by atoms with E-state index in [-0.39, 0.29) is 5.56 Å². The van der Waals surface area contributed by atoms with Crippen LogP contribution in [0.25, 0.3) is 0 Å². The van der Waals surface area contributed by atoms with Crippen LogP contribution in [-0.4, -0.2) is 17.3 Å². The second kappa shape index (κ2) is 2.96. The van der Waals surface area contributed by atoms with Crippen LogP contribution < -0.4 is 0 Å². The first kappa shape index (κ1) is 7.47. The molecule has 0 aliphatic carbocycles. The van der Waals surface area contributed by atoms with E-state index in [4.69, 9.17) is 10.5 Å². The first-order valence-electron chi connectivity index (χ1n) is 3.01. The lowest BCUT2D eigenvalue weighted by molar-refractivity contribution is 0.0697. The lowest BCUT2D eigenvalue weighted by Crippen LogP contribution is -2.00. The van der Waals surface area contributed by atoms with Crippen molar-refractivity contribution < 1.29 is 9.90 Å². The van der Waals surface area contributed by atoms with Gasteiger partial charge in [-0.25, -0.2) is 4.79 Å². The molecule has 0 aliphatic heterocycles. The van der Waals surface area contributed by atoms with E-state index in [1.54, 1.807) is 12.1 Å². The fraction of sp³-hybridized carbons (Fsp3) is 0. The molecule has 2 N–H and O–H groups in total. The molecule has 0 aromatic heterocycles. The second-order valence-electron chi connectivity index (χ2n) is 1.98. The summed E-state index contributed by atoms with van der Waals surface area (Å²) in [4.78, 5) is 10.5. The lowest BCUT2D eigenvalue weighted by atomic mass is 10.1. The highest BCUT2D eigenvalue weighted by atomic mass is 16.4. The Kier molecular flexibility index (Phi) is 2.01. The zero-order chi connectivity index (χ0) is 8.27. The van der Waals surface area contributed by atoms with Crippen molar-refractivity contribution in [3.8, 4) is 0 Å². The van der Waals surface area contributed by atoms with Crippen LogP contribution in [-0.2, 0) is 0 Å². The molecule has 0 heterocycles. The maximum Gasteiger partial charge on any atom is 0.336 e. The Bertz CT molecular complexity index is 294. The molecular formula is C8H6NO2. The van der Waals surface area contributed by atoms with Crippen LogP contribution in [0.15, 0.2) is 24.3 Å². The molecule has 0 atom stereocenters. The highest BCUT2D eigenvalue weighted by Crippen LogP contribution is 2.04. The van der Waals surface area contributed by atoms with Gasteiger partial charge in [0.05, 0.1) is 11.8 Å². The SMILES string of the molecule is N=[C]c1ccccc1C(=O)O. The van der Waals surface area contributed by atoms with Crippen LogP contribution in [0.4, 0.5) is 0 Å². The number of carboxylic acids is 1. The third-order valence-electron chi connectivity index (χ3n) is 1.29. The maximum absolute atomic E-state index is 10.5. The summed E-state index contributed by atoms with van der Waals surface area (Å²) in [5.41, 5.74) is 0.419. The van der Waals surface area contributed by atoms with E-state index in [9.17, 15) is 4.79 Å². The molecule has 3 heteroatoms. The second-order valence-corrected chi connectivity index (χ2v) is 1.98. The summed E-state index contributed by atoms with van der Waals surface area (Å²) < 4.78 is 0. The van der Waals surface area contributed by atoms with Crippen molar-refractivity contribution >= 4 is 12.2 Å². The van der Waals surface area contributed by atoms with E-state index in [1.807, 2.05) is 6.21 Å². The lowest BCUT2D eigenvalue weighted by Gasteiger charge is -1.96. The molecule has 0 saturated heterocycles. The van der Waals surface area contributed by atoms with Crippen LogP contribution >= 0.6 is 0 Å². The number of aromatic carboxylic acids is 1. The summed E-state index contributed by atoms with van der Waals surface area (Å²) in [6.45, 7) is 0. The highest BCUT2D eigenvalue weighted by molar-refractivity contribution is 5.97. The molecule has 1 aromatic carbocycles.